The van der Waals surface area contributed by atoms with Crippen molar-refractivity contribution in [3.63, 3.8) is 0 Å². The molecule has 1 atom stereocenters. The first-order chi connectivity index (χ1) is 15.6. The van der Waals surface area contributed by atoms with Crippen molar-refractivity contribution < 1.29 is 17.9 Å². The lowest BCUT2D eigenvalue weighted by Crippen LogP contribution is -2.27. The van der Waals surface area contributed by atoms with Crippen LogP contribution in [0.5, 0.6) is 5.75 Å². The summed E-state index contributed by atoms with van der Waals surface area (Å²) in [5.74, 6) is 0.347. The van der Waals surface area contributed by atoms with Gasteiger partial charge in [-0.3, -0.25) is 9.52 Å². The molecule has 3 aromatic rings. The van der Waals surface area contributed by atoms with Crippen LogP contribution in [0.25, 0.3) is 0 Å². The van der Waals surface area contributed by atoms with Crippen LogP contribution in [0.4, 0.5) is 5.69 Å². The SMILES string of the molecule is CCOc1ccc([C@@H](C)NC(=O)c2ccc(Cl)c(S(=O)(=O)Nc3cc(C)ccc3C)c2)cc1. The monoisotopic (exact) mass is 486 g/mol. The summed E-state index contributed by atoms with van der Waals surface area (Å²) < 4.78 is 34.1. The van der Waals surface area contributed by atoms with E-state index in [0.717, 1.165) is 22.4 Å². The van der Waals surface area contributed by atoms with Gasteiger partial charge in [0, 0.05) is 5.56 Å². The number of hydrogen-bond acceptors (Lipinski definition) is 4. The molecule has 3 rings (SSSR count). The first-order valence-corrected chi connectivity index (χ1v) is 12.4. The molecule has 8 heteroatoms. The van der Waals surface area contributed by atoms with E-state index in [1.807, 2.05) is 64.1 Å². The topological polar surface area (TPSA) is 84.5 Å². The fourth-order valence-corrected chi connectivity index (χ4v) is 4.93. The van der Waals surface area contributed by atoms with Crippen molar-refractivity contribution in [3.8, 4) is 5.75 Å². The van der Waals surface area contributed by atoms with Gasteiger partial charge < -0.3 is 10.1 Å². The summed E-state index contributed by atoms with van der Waals surface area (Å²) in [5, 5.41) is 2.92. The van der Waals surface area contributed by atoms with E-state index in [1.54, 1.807) is 6.07 Å². The number of carbonyl (C=O) groups excluding carboxylic acids is 1. The Kier molecular flexibility index (Phi) is 7.66. The standard InChI is InChI=1S/C25H27ClN2O4S/c1-5-32-21-11-8-19(9-12-21)18(4)27-25(29)20-10-13-22(26)24(15-20)33(30,31)28-23-14-16(2)6-7-17(23)3/h6-15,18,28H,5H2,1-4H3,(H,27,29)/t18-/m1/s1. The third-order valence-electron chi connectivity index (χ3n) is 5.16. The van der Waals surface area contributed by atoms with Crippen molar-refractivity contribution in [3.05, 3.63) is 87.9 Å². The Balaban J connectivity index is 1.81. The Morgan fingerprint density at radius 1 is 1.03 bits per heavy atom. The number of amides is 1. The van der Waals surface area contributed by atoms with Gasteiger partial charge in [-0.15, -0.1) is 0 Å². The van der Waals surface area contributed by atoms with Gasteiger partial charge >= 0.3 is 0 Å². The number of aryl methyl sites for hydroxylation is 2. The molecule has 0 aliphatic carbocycles. The second kappa shape index (κ2) is 10.3. The number of benzene rings is 3. The van der Waals surface area contributed by atoms with E-state index in [4.69, 9.17) is 16.3 Å². The molecular weight excluding hydrogens is 460 g/mol. The van der Waals surface area contributed by atoms with Crippen LogP contribution in [-0.2, 0) is 10.0 Å². The van der Waals surface area contributed by atoms with Crippen molar-refractivity contribution in [2.24, 2.45) is 0 Å². The van der Waals surface area contributed by atoms with Crippen LogP contribution >= 0.6 is 11.6 Å². The highest BCUT2D eigenvalue weighted by Crippen LogP contribution is 2.27. The number of nitrogens with one attached hydrogen (secondary N) is 2. The van der Waals surface area contributed by atoms with Crippen molar-refractivity contribution in [1.82, 2.24) is 5.32 Å². The minimum absolute atomic E-state index is 0.0314. The molecular formula is C25H27ClN2O4S. The molecule has 0 radical (unpaired) electrons. The van der Waals surface area contributed by atoms with Gasteiger partial charge in [-0.05, 0) is 80.8 Å². The summed E-state index contributed by atoms with van der Waals surface area (Å²) in [5.41, 5.74) is 3.24. The number of ether oxygens (including phenoxy) is 1. The lowest BCUT2D eigenvalue weighted by atomic mass is 10.1. The van der Waals surface area contributed by atoms with Crippen LogP contribution in [0, 0.1) is 13.8 Å². The fraction of sp³-hybridized carbons (Fsp3) is 0.240. The molecule has 0 unspecified atom stereocenters. The maximum Gasteiger partial charge on any atom is 0.263 e. The molecule has 0 spiro atoms. The Hall–Kier alpha value is -3.03. The van der Waals surface area contributed by atoms with Gasteiger partial charge in [0.25, 0.3) is 15.9 Å². The summed E-state index contributed by atoms with van der Waals surface area (Å²) >= 11 is 6.20. The average molecular weight is 487 g/mol. The molecule has 0 fully saturated rings. The van der Waals surface area contributed by atoms with E-state index in [0.29, 0.717) is 12.3 Å². The summed E-state index contributed by atoms with van der Waals surface area (Å²) in [6.45, 7) is 8.02. The van der Waals surface area contributed by atoms with Gasteiger partial charge in [0.05, 0.1) is 23.4 Å². The lowest BCUT2D eigenvalue weighted by molar-refractivity contribution is 0.0939. The predicted octanol–water partition coefficient (Wildman–Crippen LogP) is 5.65. The predicted molar refractivity (Wildman–Crippen MR) is 132 cm³/mol. The quantitative estimate of drug-likeness (QED) is 0.431. The lowest BCUT2D eigenvalue weighted by Gasteiger charge is -2.16. The fourth-order valence-electron chi connectivity index (χ4n) is 3.28. The number of sulfonamides is 1. The van der Waals surface area contributed by atoms with Gasteiger partial charge in [-0.25, -0.2) is 8.42 Å². The number of hydrogen-bond donors (Lipinski definition) is 2. The minimum Gasteiger partial charge on any atom is -0.494 e. The zero-order chi connectivity index (χ0) is 24.2. The van der Waals surface area contributed by atoms with Crippen LogP contribution in [0.2, 0.25) is 5.02 Å². The van der Waals surface area contributed by atoms with Gasteiger partial charge in [0.2, 0.25) is 0 Å². The molecule has 2 N–H and O–H groups in total. The van der Waals surface area contributed by atoms with E-state index in [-0.39, 0.29) is 21.5 Å². The van der Waals surface area contributed by atoms with Crippen LogP contribution in [0.3, 0.4) is 0 Å². The molecule has 0 saturated carbocycles. The van der Waals surface area contributed by atoms with Crippen molar-refractivity contribution in [2.45, 2.75) is 38.6 Å². The third-order valence-corrected chi connectivity index (χ3v) is 7.01. The number of carbonyl (C=O) groups is 1. The maximum absolute atomic E-state index is 13.1. The Bertz CT molecular complexity index is 1260. The molecule has 0 aliphatic heterocycles. The molecule has 6 nitrogen and oxygen atoms in total. The smallest absolute Gasteiger partial charge is 0.263 e. The summed E-state index contributed by atoms with van der Waals surface area (Å²) in [4.78, 5) is 12.7. The second-order valence-corrected chi connectivity index (χ2v) is 9.82. The van der Waals surface area contributed by atoms with Crippen molar-refractivity contribution >= 4 is 33.2 Å². The highest BCUT2D eigenvalue weighted by Gasteiger charge is 2.22. The molecule has 0 bridgehead atoms. The highest BCUT2D eigenvalue weighted by atomic mass is 35.5. The largest absolute Gasteiger partial charge is 0.494 e. The van der Waals surface area contributed by atoms with E-state index in [1.165, 1.54) is 18.2 Å². The molecule has 1 amide bonds. The average Bonchev–Trinajstić information content (AvgIpc) is 2.77. The van der Waals surface area contributed by atoms with Crippen molar-refractivity contribution in [2.75, 3.05) is 11.3 Å². The van der Waals surface area contributed by atoms with Gasteiger partial charge in [-0.2, -0.15) is 0 Å². The van der Waals surface area contributed by atoms with Crippen LogP contribution in [0.15, 0.2) is 65.6 Å². The molecule has 3 aromatic carbocycles. The third kappa shape index (κ3) is 6.06. The normalized spacial score (nSPS) is 12.2. The number of anilines is 1. The van der Waals surface area contributed by atoms with Crippen molar-refractivity contribution in [1.29, 1.82) is 0 Å². The Morgan fingerprint density at radius 2 is 1.73 bits per heavy atom. The van der Waals surface area contributed by atoms with Gasteiger partial charge in [-0.1, -0.05) is 35.9 Å². The molecule has 0 aliphatic rings. The minimum atomic E-state index is -4.01. The van der Waals surface area contributed by atoms with E-state index < -0.39 is 15.9 Å². The van der Waals surface area contributed by atoms with E-state index >= 15 is 0 Å². The summed E-state index contributed by atoms with van der Waals surface area (Å²) in [6.07, 6.45) is 0. The van der Waals surface area contributed by atoms with E-state index in [2.05, 4.69) is 10.0 Å². The molecule has 0 aromatic heterocycles. The molecule has 174 valence electrons. The maximum atomic E-state index is 13.1. The first-order valence-electron chi connectivity index (χ1n) is 10.5. The zero-order valence-corrected chi connectivity index (χ0v) is 20.5. The highest BCUT2D eigenvalue weighted by molar-refractivity contribution is 7.92. The van der Waals surface area contributed by atoms with Crippen LogP contribution < -0.4 is 14.8 Å². The van der Waals surface area contributed by atoms with E-state index in [9.17, 15) is 13.2 Å². The Morgan fingerprint density at radius 3 is 2.39 bits per heavy atom. The number of rotatable bonds is 8. The summed E-state index contributed by atoms with van der Waals surface area (Å²) in [6, 6.07) is 16.8. The zero-order valence-electron chi connectivity index (χ0n) is 19.0. The van der Waals surface area contributed by atoms with Gasteiger partial charge in [0.1, 0.15) is 10.6 Å². The Labute approximate surface area is 200 Å². The van der Waals surface area contributed by atoms with Gasteiger partial charge in [0.15, 0.2) is 0 Å². The second-order valence-electron chi connectivity index (χ2n) is 7.77. The molecule has 33 heavy (non-hydrogen) atoms. The number of halogens is 1. The first kappa shape index (κ1) is 24.6. The van der Waals surface area contributed by atoms with Crippen LogP contribution in [-0.4, -0.2) is 20.9 Å². The van der Waals surface area contributed by atoms with Crippen LogP contribution in [0.1, 0.15) is 46.9 Å². The molecule has 0 saturated heterocycles. The molecule has 0 heterocycles. The summed E-state index contributed by atoms with van der Waals surface area (Å²) in [7, 11) is -4.01.